The predicted octanol–water partition coefficient (Wildman–Crippen LogP) is 4.44. The van der Waals surface area contributed by atoms with Gasteiger partial charge in [0.1, 0.15) is 0 Å². The first-order chi connectivity index (χ1) is 10.6. The van der Waals surface area contributed by atoms with E-state index < -0.39 is 0 Å². The molecule has 0 atom stereocenters. The van der Waals surface area contributed by atoms with Gasteiger partial charge in [0.25, 0.3) is 5.56 Å². The summed E-state index contributed by atoms with van der Waals surface area (Å²) in [4.78, 5) is 24.9. The summed E-state index contributed by atoms with van der Waals surface area (Å²) in [5.41, 5.74) is 0.851. The van der Waals surface area contributed by atoms with Crippen LogP contribution in [0.3, 0.4) is 0 Å². The first kappa shape index (κ1) is 15.0. The molecule has 0 saturated heterocycles. The monoisotopic (exact) mass is 349 g/mol. The van der Waals surface area contributed by atoms with Crippen LogP contribution in [-0.4, -0.2) is 9.74 Å². The highest BCUT2D eigenvalue weighted by atomic mass is 35.5. The fourth-order valence-electron chi connectivity index (χ4n) is 1.97. The molecule has 0 aliphatic carbocycles. The summed E-state index contributed by atoms with van der Waals surface area (Å²) >= 11 is 12.9. The Hall–Kier alpha value is -1.88. The molecule has 0 radical (unpaired) electrons. The summed E-state index contributed by atoms with van der Waals surface area (Å²) in [5, 5.41) is 0.769. The van der Waals surface area contributed by atoms with Gasteiger partial charge in [0, 0.05) is 11.6 Å². The standard InChI is InChI=1S/C16H9Cl2NO2S/c17-12-7-6-11(8-13(12)18)19-15(20)9-14(22-19)16(21)10-4-2-1-3-5-10/h1-9H. The molecule has 0 saturated carbocycles. The minimum atomic E-state index is -0.275. The van der Waals surface area contributed by atoms with Crippen molar-refractivity contribution in [3.05, 3.63) is 85.4 Å². The van der Waals surface area contributed by atoms with E-state index in [-0.39, 0.29) is 11.3 Å². The minimum Gasteiger partial charge on any atom is -0.288 e. The quantitative estimate of drug-likeness (QED) is 0.655. The lowest BCUT2D eigenvalue weighted by atomic mass is 10.1. The third-order valence-corrected chi connectivity index (χ3v) is 4.85. The lowest BCUT2D eigenvalue weighted by Gasteiger charge is -2.02. The summed E-state index contributed by atoms with van der Waals surface area (Å²) in [6, 6.07) is 15.1. The number of halogens is 2. The van der Waals surface area contributed by atoms with Crippen LogP contribution in [0.1, 0.15) is 15.2 Å². The van der Waals surface area contributed by atoms with Crippen LogP contribution in [0.15, 0.2) is 59.4 Å². The van der Waals surface area contributed by atoms with Gasteiger partial charge >= 0.3 is 0 Å². The summed E-state index contributed by atoms with van der Waals surface area (Å²) in [5.74, 6) is -0.179. The number of benzene rings is 2. The Labute approximate surface area is 140 Å². The Kier molecular flexibility index (Phi) is 4.16. The lowest BCUT2D eigenvalue weighted by Crippen LogP contribution is -2.09. The number of nitrogens with zero attached hydrogens (tertiary/aromatic N) is 1. The molecule has 0 N–H and O–H groups in total. The molecule has 22 heavy (non-hydrogen) atoms. The van der Waals surface area contributed by atoms with Gasteiger partial charge in [-0.1, -0.05) is 53.5 Å². The third-order valence-electron chi connectivity index (χ3n) is 3.04. The summed E-state index contributed by atoms with van der Waals surface area (Å²) in [7, 11) is 0. The number of aromatic nitrogens is 1. The van der Waals surface area contributed by atoms with Crippen LogP contribution in [0.4, 0.5) is 0 Å². The smallest absolute Gasteiger partial charge is 0.266 e. The van der Waals surface area contributed by atoms with E-state index >= 15 is 0 Å². The number of carbonyl (C=O) groups excluding carboxylic acids is 1. The van der Waals surface area contributed by atoms with Gasteiger partial charge in [-0.25, -0.2) is 3.96 Å². The van der Waals surface area contributed by atoms with E-state index in [0.29, 0.717) is 26.2 Å². The van der Waals surface area contributed by atoms with Gasteiger partial charge in [0.05, 0.1) is 20.6 Å². The highest BCUT2D eigenvalue weighted by Crippen LogP contribution is 2.25. The highest BCUT2D eigenvalue weighted by Gasteiger charge is 2.15. The Morgan fingerprint density at radius 1 is 0.955 bits per heavy atom. The lowest BCUT2D eigenvalue weighted by molar-refractivity contribution is 0.104. The molecule has 1 aromatic heterocycles. The van der Waals surface area contributed by atoms with Gasteiger partial charge < -0.3 is 0 Å². The first-order valence-corrected chi connectivity index (χ1v) is 7.88. The second kappa shape index (κ2) is 6.08. The Bertz CT molecular complexity index is 900. The molecule has 3 rings (SSSR count). The fraction of sp³-hybridized carbons (Fsp3) is 0. The SMILES string of the molecule is O=C(c1ccccc1)c1cc(=O)n(-c2ccc(Cl)c(Cl)c2)s1. The van der Waals surface area contributed by atoms with Crippen LogP contribution in [0, 0.1) is 0 Å². The molecule has 110 valence electrons. The largest absolute Gasteiger partial charge is 0.288 e. The van der Waals surface area contributed by atoms with E-state index in [1.807, 2.05) is 6.07 Å². The summed E-state index contributed by atoms with van der Waals surface area (Å²) in [6.07, 6.45) is 0. The molecular weight excluding hydrogens is 341 g/mol. The molecule has 0 bridgehead atoms. The van der Waals surface area contributed by atoms with Crippen molar-refractivity contribution in [2.75, 3.05) is 0 Å². The maximum absolute atomic E-state index is 12.4. The van der Waals surface area contributed by atoms with Gasteiger partial charge in [-0.3, -0.25) is 9.59 Å². The average Bonchev–Trinajstić information content (AvgIpc) is 2.92. The van der Waals surface area contributed by atoms with Crippen molar-refractivity contribution in [1.82, 2.24) is 3.96 Å². The molecule has 0 spiro atoms. The molecule has 0 amide bonds. The molecular formula is C16H9Cl2NO2S. The van der Waals surface area contributed by atoms with Crippen molar-refractivity contribution in [3.63, 3.8) is 0 Å². The van der Waals surface area contributed by atoms with E-state index in [2.05, 4.69) is 0 Å². The second-order valence-electron chi connectivity index (χ2n) is 4.53. The zero-order chi connectivity index (χ0) is 15.7. The maximum atomic E-state index is 12.4. The normalized spacial score (nSPS) is 10.6. The molecule has 0 aliphatic heterocycles. The van der Waals surface area contributed by atoms with Gasteiger partial charge in [-0.05, 0) is 29.7 Å². The summed E-state index contributed by atoms with van der Waals surface area (Å²) < 4.78 is 1.42. The Morgan fingerprint density at radius 2 is 1.68 bits per heavy atom. The van der Waals surface area contributed by atoms with Gasteiger partial charge in [-0.15, -0.1) is 0 Å². The average molecular weight is 350 g/mol. The zero-order valence-corrected chi connectivity index (χ0v) is 13.5. The van der Waals surface area contributed by atoms with E-state index in [9.17, 15) is 9.59 Å². The Morgan fingerprint density at radius 3 is 2.36 bits per heavy atom. The van der Waals surface area contributed by atoms with Crippen LogP contribution in [-0.2, 0) is 0 Å². The number of ketones is 1. The minimum absolute atomic E-state index is 0.179. The van der Waals surface area contributed by atoms with Crippen molar-refractivity contribution in [2.45, 2.75) is 0 Å². The molecule has 3 aromatic rings. The van der Waals surface area contributed by atoms with Crippen molar-refractivity contribution < 1.29 is 4.79 Å². The molecule has 3 nitrogen and oxygen atoms in total. The van der Waals surface area contributed by atoms with Crippen LogP contribution < -0.4 is 5.56 Å². The first-order valence-electron chi connectivity index (χ1n) is 6.35. The summed E-state index contributed by atoms with van der Waals surface area (Å²) in [6.45, 7) is 0. The highest BCUT2D eigenvalue weighted by molar-refractivity contribution is 7.09. The van der Waals surface area contributed by atoms with Crippen LogP contribution in [0.2, 0.25) is 10.0 Å². The molecule has 2 aromatic carbocycles. The van der Waals surface area contributed by atoms with Crippen molar-refractivity contribution in [3.8, 4) is 5.69 Å². The van der Waals surface area contributed by atoms with Crippen LogP contribution in [0.5, 0.6) is 0 Å². The number of carbonyl (C=O) groups is 1. The predicted molar refractivity (Wildman–Crippen MR) is 89.8 cm³/mol. The van der Waals surface area contributed by atoms with Gasteiger partial charge in [-0.2, -0.15) is 0 Å². The molecule has 1 heterocycles. The van der Waals surface area contributed by atoms with E-state index in [1.54, 1.807) is 42.5 Å². The fourth-order valence-corrected chi connectivity index (χ4v) is 3.18. The third kappa shape index (κ3) is 2.86. The molecule has 6 heteroatoms. The van der Waals surface area contributed by atoms with Gasteiger partial charge in [0.15, 0.2) is 0 Å². The Balaban J connectivity index is 2.03. The molecule has 0 fully saturated rings. The van der Waals surface area contributed by atoms with Gasteiger partial charge in [0.2, 0.25) is 5.78 Å². The maximum Gasteiger partial charge on any atom is 0.266 e. The zero-order valence-electron chi connectivity index (χ0n) is 11.1. The topological polar surface area (TPSA) is 39.1 Å². The van der Waals surface area contributed by atoms with Crippen LogP contribution >= 0.6 is 34.7 Å². The number of hydrogen-bond acceptors (Lipinski definition) is 3. The number of rotatable bonds is 3. The van der Waals surface area contributed by atoms with Crippen LogP contribution in [0.25, 0.3) is 5.69 Å². The second-order valence-corrected chi connectivity index (χ2v) is 6.33. The van der Waals surface area contributed by atoms with E-state index in [0.717, 1.165) is 11.5 Å². The molecule has 0 aliphatic rings. The van der Waals surface area contributed by atoms with E-state index in [1.165, 1.54) is 10.0 Å². The van der Waals surface area contributed by atoms with E-state index in [4.69, 9.17) is 23.2 Å². The van der Waals surface area contributed by atoms with Crippen molar-refractivity contribution in [2.24, 2.45) is 0 Å². The molecule has 0 unspecified atom stereocenters. The van der Waals surface area contributed by atoms with Crippen molar-refractivity contribution in [1.29, 1.82) is 0 Å². The number of hydrogen-bond donors (Lipinski definition) is 0. The van der Waals surface area contributed by atoms with Crippen molar-refractivity contribution >= 4 is 40.5 Å².